The van der Waals surface area contributed by atoms with Crippen LogP contribution in [0.4, 0.5) is 10.5 Å². The Morgan fingerprint density at radius 1 is 1.21 bits per heavy atom. The molecular formula is C18H25N3O2S. The summed E-state index contributed by atoms with van der Waals surface area (Å²) in [6, 6.07) is 7.39. The fraction of sp³-hybridized carbons (Fsp3) is 0.556. The molecule has 1 N–H and O–H groups in total. The molecule has 1 aromatic rings. The van der Waals surface area contributed by atoms with Crippen molar-refractivity contribution in [3.8, 4) is 0 Å². The van der Waals surface area contributed by atoms with E-state index in [1.165, 1.54) is 0 Å². The van der Waals surface area contributed by atoms with Crippen molar-refractivity contribution in [3.05, 3.63) is 29.8 Å². The molecule has 1 unspecified atom stereocenters. The van der Waals surface area contributed by atoms with Gasteiger partial charge in [0.15, 0.2) is 0 Å². The van der Waals surface area contributed by atoms with Gasteiger partial charge in [0.2, 0.25) is 5.91 Å². The first-order valence-corrected chi connectivity index (χ1v) is 9.88. The molecular weight excluding hydrogens is 322 g/mol. The summed E-state index contributed by atoms with van der Waals surface area (Å²) < 4.78 is 0. The summed E-state index contributed by atoms with van der Waals surface area (Å²) >= 11 is 1.88. The molecule has 24 heavy (non-hydrogen) atoms. The maximum atomic E-state index is 12.8. The Bertz CT molecular complexity index is 602. The molecule has 0 saturated carbocycles. The highest BCUT2D eigenvalue weighted by atomic mass is 32.2. The number of thioether (sulfide) groups is 1. The number of amides is 3. The Morgan fingerprint density at radius 2 is 1.96 bits per heavy atom. The molecule has 2 saturated heterocycles. The quantitative estimate of drug-likeness (QED) is 0.915. The zero-order chi connectivity index (χ0) is 16.9. The van der Waals surface area contributed by atoms with Crippen molar-refractivity contribution < 1.29 is 9.59 Å². The molecule has 3 amide bonds. The van der Waals surface area contributed by atoms with E-state index in [9.17, 15) is 9.59 Å². The number of nitrogens with one attached hydrogen (secondary N) is 1. The minimum atomic E-state index is -0.304. The predicted molar refractivity (Wildman–Crippen MR) is 98.5 cm³/mol. The van der Waals surface area contributed by atoms with Crippen LogP contribution in [0, 0.1) is 0 Å². The number of urea groups is 1. The van der Waals surface area contributed by atoms with Crippen LogP contribution in [-0.4, -0.2) is 58.9 Å². The minimum absolute atomic E-state index is 0.117. The molecule has 0 radical (unpaired) electrons. The summed E-state index contributed by atoms with van der Waals surface area (Å²) in [5.74, 6) is 2.11. The summed E-state index contributed by atoms with van der Waals surface area (Å²) in [4.78, 5) is 29.1. The summed E-state index contributed by atoms with van der Waals surface area (Å²) in [7, 11) is 0. The number of likely N-dealkylation sites (tertiary alicyclic amines) is 1. The molecule has 1 atom stereocenters. The van der Waals surface area contributed by atoms with Gasteiger partial charge in [-0.25, -0.2) is 4.79 Å². The molecule has 5 nitrogen and oxygen atoms in total. The van der Waals surface area contributed by atoms with Gasteiger partial charge in [-0.3, -0.25) is 4.79 Å². The van der Waals surface area contributed by atoms with Gasteiger partial charge in [-0.2, -0.15) is 11.8 Å². The van der Waals surface area contributed by atoms with Crippen molar-refractivity contribution in [2.24, 2.45) is 0 Å². The number of rotatable bonds is 3. The van der Waals surface area contributed by atoms with Gasteiger partial charge in [0.1, 0.15) is 6.04 Å². The van der Waals surface area contributed by atoms with Gasteiger partial charge >= 0.3 is 6.03 Å². The molecule has 2 heterocycles. The maximum absolute atomic E-state index is 12.8. The van der Waals surface area contributed by atoms with Crippen LogP contribution in [-0.2, 0) is 11.2 Å². The molecule has 6 heteroatoms. The first-order chi connectivity index (χ1) is 11.7. The average molecular weight is 347 g/mol. The minimum Gasteiger partial charge on any atom is -0.339 e. The molecule has 0 spiro atoms. The van der Waals surface area contributed by atoms with E-state index in [0.717, 1.165) is 55.1 Å². The Labute approximate surface area is 147 Å². The molecule has 1 aromatic carbocycles. The van der Waals surface area contributed by atoms with Crippen molar-refractivity contribution in [2.45, 2.75) is 32.2 Å². The lowest BCUT2D eigenvalue weighted by molar-refractivity contribution is -0.134. The summed E-state index contributed by atoms with van der Waals surface area (Å²) in [6.07, 6.45) is 2.53. The first-order valence-electron chi connectivity index (χ1n) is 8.72. The lowest BCUT2D eigenvalue weighted by atomic mass is 10.1. The SMILES string of the molecule is CCc1ccccc1NC(=O)N1CCCC1C(=O)N1CCSCC1. The van der Waals surface area contributed by atoms with Gasteiger partial charge in [0, 0.05) is 36.8 Å². The zero-order valence-corrected chi connectivity index (χ0v) is 15.0. The number of carbonyl (C=O) groups excluding carboxylic acids is 2. The van der Waals surface area contributed by atoms with Gasteiger partial charge in [0.25, 0.3) is 0 Å². The van der Waals surface area contributed by atoms with E-state index >= 15 is 0 Å². The van der Waals surface area contributed by atoms with Gasteiger partial charge in [-0.1, -0.05) is 25.1 Å². The summed E-state index contributed by atoms with van der Waals surface area (Å²) in [5.41, 5.74) is 1.96. The fourth-order valence-corrected chi connectivity index (χ4v) is 4.30. The van der Waals surface area contributed by atoms with E-state index in [4.69, 9.17) is 0 Å². The highest BCUT2D eigenvalue weighted by Crippen LogP contribution is 2.23. The van der Waals surface area contributed by atoms with Crippen molar-refractivity contribution in [3.63, 3.8) is 0 Å². The van der Waals surface area contributed by atoms with Crippen molar-refractivity contribution in [1.82, 2.24) is 9.80 Å². The lowest BCUT2D eigenvalue weighted by Gasteiger charge is -2.32. The molecule has 2 fully saturated rings. The summed E-state index contributed by atoms with van der Waals surface area (Å²) in [6.45, 7) is 4.32. The highest BCUT2D eigenvalue weighted by Gasteiger charge is 2.37. The van der Waals surface area contributed by atoms with E-state index in [1.807, 2.05) is 40.9 Å². The molecule has 2 aliphatic rings. The topological polar surface area (TPSA) is 52.7 Å². The van der Waals surface area contributed by atoms with E-state index in [0.29, 0.717) is 6.54 Å². The predicted octanol–water partition coefficient (Wildman–Crippen LogP) is 2.82. The van der Waals surface area contributed by atoms with Crippen LogP contribution in [0.3, 0.4) is 0 Å². The second-order valence-electron chi connectivity index (χ2n) is 6.23. The third-order valence-corrected chi connectivity index (χ3v) is 5.70. The molecule has 130 valence electrons. The average Bonchev–Trinajstić information content (AvgIpc) is 3.12. The first kappa shape index (κ1) is 17.1. The van der Waals surface area contributed by atoms with Crippen LogP contribution in [0.2, 0.25) is 0 Å². The number of benzene rings is 1. The van der Waals surface area contributed by atoms with Crippen molar-refractivity contribution in [1.29, 1.82) is 0 Å². The molecule has 0 bridgehead atoms. The molecule has 0 aromatic heterocycles. The van der Waals surface area contributed by atoms with E-state index < -0.39 is 0 Å². The largest absolute Gasteiger partial charge is 0.339 e. The molecule has 2 aliphatic heterocycles. The lowest BCUT2D eigenvalue weighted by Crippen LogP contribution is -2.51. The van der Waals surface area contributed by atoms with Crippen molar-refractivity contribution in [2.75, 3.05) is 36.5 Å². The number of aryl methyl sites for hydroxylation is 1. The fourth-order valence-electron chi connectivity index (χ4n) is 3.40. The number of carbonyl (C=O) groups is 2. The number of para-hydroxylation sites is 1. The van der Waals surface area contributed by atoms with E-state index in [1.54, 1.807) is 4.90 Å². The van der Waals surface area contributed by atoms with Crippen molar-refractivity contribution >= 4 is 29.4 Å². The van der Waals surface area contributed by atoms with E-state index in [-0.39, 0.29) is 18.0 Å². The Kier molecular flexibility index (Phi) is 5.66. The third kappa shape index (κ3) is 3.69. The molecule has 0 aliphatic carbocycles. The standard InChI is InChI=1S/C18H25N3O2S/c1-2-14-6-3-4-7-15(14)19-18(23)21-9-5-8-16(21)17(22)20-10-12-24-13-11-20/h3-4,6-7,16H,2,5,8-13H2,1H3,(H,19,23). The number of hydrogen-bond donors (Lipinski definition) is 1. The zero-order valence-electron chi connectivity index (χ0n) is 14.2. The van der Waals surface area contributed by atoms with Gasteiger partial charge < -0.3 is 15.1 Å². The van der Waals surface area contributed by atoms with Crippen LogP contribution in [0.15, 0.2) is 24.3 Å². The Morgan fingerprint density at radius 3 is 2.71 bits per heavy atom. The number of hydrogen-bond acceptors (Lipinski definition) is 3. The van der Waals surface area contributed by atoms with Gasteiger partial charge in [0.05, 0.1) is 0 Å². The third-order valence-electron chi connectivity index (χ3n) is 4.76. The van der Waals surface area contributed by atoms with Crippen LogP contribution >= 0.6 is 11.8 Å². The Balaban J connectivity index is 1.68. The van der Waals surface area contributed by atoms with Gasteiger partial charge in [-0.05, 0) is 30.9 Å². The van der Waals surface area contributed by atoms with Crippen LogP contribution in [0.1, 0.15) is 25.3 Å². The smallest absolute Gasteiger partial charge is 0.322 e. The van der Waals surface area contributed by atoms with Crippen LogP contribution < -0.4 is 5.32 Å². The number of anilines is 1. The summed E-state index contributed by atoms with van der Waals surface area (Å²) in [5, 5.41) is 3.00. The van der Waals surface area contributed by atoms with Crippen LogP contribution in [0.25, 0.3) is 0 Å². The second-order valence-corrected chi connectivity index (χ2v) is 7.45. The van der Waals surface area contributed by atoms with Gasteiger partial charge in [-0.15, -0.1) is 0 Å². The normalized spacial score (nSPS) is 21.0. The number of nitrogens with zero attached hydrogens (tertiary/aromatic N) is 2. The Hall–Kier alpha value is -1.69. The second kappa shape index (κ2) is 7.92. The molecule has 3 rings (SSSR count). The maximum Gasteiger partial charge on any atom is 0.322 e. The van der Waals surface area contributed by atoms with Crippen LogP contribution in [0.5, 0.6) is 0 Å². The highest BCUT2D eigenvalue weighted by molar-refractivity contribution is 7.99. The monoisotopic (exact) mass is 347 g/mol. The van der Waals surface area contributed by atoms with E-state index in [2.05, 4.69) is 12.2 Å².